The average Bonchev–Trinajstić information content (AvgIpc) is 3.14. The first-order chi connectivity index (χ1) is 14.6. The Balaban J connectivity index is 1.77. The van der Waals surface area contributed by atoms with Gasteiger partial charge in [-0.05, 0) is 43.2 Å². The van der Waals surface area contributed by atoms with Gasteiger partial charge in [-0.2, -0.15) is 4.98 Å². The fourth-order valence-electron chi connectivity index (χ4n) is 3.30. The number of anilines is 2. The van der Waals surface area contributed by atoms with E-state index in [2.05, 4.69) is 32.6 Å². The number of amides is 1. The minimum absolute atomic E-state index is 0.314. The Bertz CT molecular complexity index is 1100. The van der Waals surface area contributed by atoms with Crippen LogP contribution in [0.15, 0.2) is 65.2 Å². The number of nitrogens with one attached hydrogen (secondary N) is 2. The SMILES string of the molecule is CCCSc1nc2n(n1)C(c1cccc(F)c1)C(C(=O)Nc1cccnc1)=C(C)N2. The molecule has 9 heteroatoms. The normalized spacial score (nSPS) is 15.5. The molecule has 1 aliphatic heterocycles. The summed E-state index contributed by atoms with van der Waals surface area (Å²) in [7, 11) is 0. The molecule has 0 radical (unpaired) electrons. The van der Waals surface area contributed by atoms with E-state index in [4.69, 9.17) is 0 Å². The molecular formula is C21H21FN6OS. The maximum atomic E-state index is 14.1. The van der Waals surface area contributed by atoms with Crippen LogP contribution in [-0.4, -0.2) is 31.4 Å². The van der Waals surface area contributed by atoms with Crippen molar-refractivity contribution >= 4 is 29.3 Å². The molecule has 154 valence electrons. The van der Waals surface area contributed by atoms with Crippen LogP contribution in [0, 0.1) is 5.82 Å². The van der Waals surface area contributed by atoms with Gasteiger partial charge in [0.15, 0.2) is 0 Å². The highest BCUT2D eigenvalue weighted by atomic mass is 32.2. The Kier molecular flexibility index (Phi) is 5.80. The number of thioether (sulfide) groups is 1. The summed E-state index contributed by atoms with van der Waals surface area (Å²) in [6.07, 6.45) is 4.20. The zero-order valence-electron chi connectivity index (χ0n) is 16.6. The maximum absolute atomic E-state index is 14.1. The molecule has 0 aliphatic carbocycles. The number of rotatable bonds is 6. The van der Waals surface area contributed by atoms with Crippen LogP contribution in [0.25, 0.3) is 0 Å². The maximum Gasteiger partial charge on any atom is 0.255 e. The van der Waals surface area contributed by atoms with Crippen molar-refractivity contribution < 1.29 is 9.18 Å². The zero-order chi connectivity index (χ0) is 21.1. The summed E-state index contributed by atoms with van der Waals surface area (Å²) < 4.78 is 15.7. The van der Waals surface area contributed by atoms with Gasteiger partial charge in [-0.1, -0.05) is 30.8 Å². The van der Waals surface area contributed by atoms with Crippen LogP contribution in [0.2, 0.25) is 0 Å². The third kappa shape index (κ3) is 4.06. The van der Waals surface area contributed by atoms with Gasteiger partial charge in [0.05, 0.1) is 17.5 Å². The van der Waals surface area contributed by atoms with Crippen LogP contribution in [0.1, 0.15) is 31.9 Å². The summed E-state index contributed by atoms with van der Waals surface area (Å²) in [5.74, 6) is 0.719. The molecule has 1 atom stereocenters. The largest absolute Gasteiger partial charge is 0.328 e. The molecule has 1 aromatic carbocycles. The van der Waals surface area contributed by atoms with Crippen molar-refractivity contribution in [3.63, 3.8) is 0 Å². The third-order valence-electron chi connectivity index (χ3n) is 4.60. The van der Waals surface area contributed by atoms with Gasteiger partial charge in [0, 0.05) is 17.6 Å². The molecule has 3 heterocycles. The predicted molar refractivity (Wildman–Crippen MR) is 115 cm³/mol. The topological polar surface area (TPSA) is 84.7 Å². The lowest BCUT2D eigenvalue weighted by Crippen LogP contribution is -2.31. The molecule has 30 heavy (non-hydrogen) atoms. The minimum Gasteiger partial charge on any atom is -0.328 e. The summed E-state index contributed by atoms with van der Waals surface area (Å²) >= 11 is 1.54. The highest BCUT2D eigenvalue weighted by Gasteiger charge is 2.34. The van der Waals surface area contributed by atoms with Crippen molar-refractivity contribution in [3.8, 4) is 0 Å². The highest BCUT2D eigenvalue weighted by molar-refractivity contribution is 7.99. The number of halogens is 1. The lowest BCUT2D eigenvalue weighted by Gasteiger charge is -2.28. The molecule has 0 fully saturated rings. The molecule has 0 bridgehead atoms. The number of nitrogens with zero attached hydrogens (tertiary/aromatic N) is 4. The molecule has 1 amide bonds. The van der Waals surface area contributed by atoms with Crippen molar-refractivity contribution in [1.82, 2.24) is 19.7 Å². The predicted octanol–water partition coefficient (Wildman–Crippen LogP) is 4.24. The number of pyridine rings is 1. The van der Waals surface area contributed by atoms with E-state index in [1.165, 1.54) is 12.1 Å². The van der Waals surface area contributed by atoms with Gasteiger partial charge in [0.1, 0.15) is 11.9 Å². The number of carbonyl (C=O) groups is 1. The van der Waals surface area contributed by atoms with E-state index in [-0.39, 0.29) is 11.7 Å². The second kappa shape index (κ2) is 8.66. The van der Waals surface area contributed by atoms with Crippen molar-refractivity contribution in [2.45, 2.75) is 31.5 Å². The third-order valence-corrected chi connectivity index (χ3v) is 5.64. The Labute approximate surface area is 177 Å². The van der Waals surface area contributed by atoms with Crippen LogP contribution in [-0.2, 0) is 4.79 Å². The van der Waals surface area contributed by atoms with Gasteiger partial charge in [0.25, 0.3) is 5.91 Å². The molecule has 1 aliphatic rings. The number of carbonyl (C=O) groups excluding carboxylic acids is 1. The smallest absolute Gasteiger partial charge is 0.255 e. The van der Waals surface area contributed by atoms with E-state index >= 15 is 0 Å². The van der Waals surface area contributed by atoms with Crippen molar-refractivity contribution in [3.05, 3.63) is 71.4 Å². The summed E-state index contributed by atoms with van der Waals surface area (Å²) in [5.41, 5.74) is 2.27. The fourth-order valence-corrected chi connectivity index (χ4v) is 3.98. The van der Waals surface area contributed by atoms with E-state index in [1.54, 1.807) is 53.1 Å². The summed E-state index contributed by atoms with van der Waals surface area (Å²) in [6.45, 7) is 3.89. The lowest BCUT2D eigenvalue weighted by atomic mass is 9.95. The average molecular weight is 425 g/mol. The Morgan fingerprint density at radius 3 is 2.93 bits per heavy atom. The van der Waals surface area contributed by atoms with Gasteiger partial charge in [-0.3, -0.25) is 9.78 Å². The minimum atomic E-state index is -0.614. The molecule has 2 N–H and O–H groups in total. The Morgan fingerprint density at radius 2 is 2.20 bits per heavy atom. The van der Waals surface area contributed by atoms with Crippen LogP contribution in [0.3, 0.4) is 0 Å². The standard InChI is InChI=1S/C21H21FN6OS/c1-3-10-30-21-26-20-24-13(2)17(19(29)25-16-8-5-9-23-12-16)18(28(20)27-21)14-6-4-7-15(22)11-14/h4-9,11-12,18H,3,10H2,1-2H3,(H,25,29)(H,24,26,27). The van der Waals surface area contributed by atoms with Gasteiger partial charge < -0.3 is 10.6 Å². The molecule has 0 spiro atoms. The summed E-state index contributed by atoms with van der Waals surface area (Å²) in [6, 6.07) is 9.10. The second-order valence-corrected chi connectivity index (χ2v) is 7.89. The molecule has 4 rings (SSSR count). The number of hydrogen-bond donors (Lipinski definition) is 2. The van der Waals surface area contributed by atoms with E-state index in [0.717, 1.165) is 12.2 Å². The van der Waals surface area contributed by atoms with Gasteiger partial charge in [0.2, 0.25) is 11.1 Å². The summed E-state index contributed by atoms with van der Waals surface area (Å²) in [5, 5.41) is 11.3. The first-order valence-corrected chi connectivity index (χ1v) is 10.6. The van der Waals surface area contributed by atoms with Crippen molar-refractivity contribution in [2.75, 3.05) is 16.4 Å². The van der Waals surface area contributed by atoms with Crippen LogP contribution < -0.4 is 10.6 Å². The molecule has 1 unspecified atom stereocenters. The number of hydrogen-bond acceptors (Lipinski definition) is 6. The van der Waals surface area contributed by atoms with Crippen molar-refractivity contribution in [1.29, 1.82) is 0 Å². The Hall–Kier alpha value is -3.20. The van der Waals surface area contributed by atoms with Crippen LogP contribution >= 0.6 is 11.8 Å². The van der Waals surface area contributed by atoms with Crippen LogP contribution in [0.4, 0.5) is 16.0 Å². The zero-order valence-corrected chi connectivity index (χ0v) is 17.4. The Morgan fingerprint density at radius 1 is 1.33 bits per heavy atom. The number of fused-ring (bicyclic) bond motifs is 1. The number of aromatic nitrogens is 4. The first-order valence-electron chi connectivity index (χ1n) is 9.60. The molecule has 2 aromatic heterocycles. The molecule has 3 aromatic rings. The fraction of sp³-hybridized carbons (Fsp3) is 0.238. The molecular weight excluding hydrogens is 403 g/mol. The lowest BCUT2D eigenvalue weighted by molar-refractivity contribution is -0.113. The first kappa shape index (κ1) is 20.1. The highest BCUT2D eigenvalue weighted by Crippen LogP contribution is 2.36. The van der Waals surface area contributed by atoms with Gasteiger partial charge in [-0.15, -0.1) is 5.10 Å². The molecule has 7 nitrogen and oxygen atoms in total. The second-order valence-electron chi connectivity index (χ2n) is 6.83. The van der Waals surface area contributed by atoms with Gasteiger partial charge >= 0.3 is 0 Å². The quantitative estimate of drug-likeness (QED) is 0.576. The molecule has 0 saturated heterocycles. The van der Waals surface area contributed by atoms with E-state index in [9.17, 15) is 9.18 Å². The van der Waals surface area contributed by atoms with Gasteiger partial charge in [-0.25, -0.2) is 9.07 Å². The number of allylic oxidation sites excluding steroid dienone is 1. The van der Waals surface area contributed by atoms with E-state index in [0.29, 0.717) is 33.6 Å². The van der Waals surface area contributed by atoms with E-state index in [1.807, 2.05) is 6.92 Å². The molecule has 0 saturated carbocycles. The van der Waals surface area contributed by atoms with Crippen molar-refractivity contribution in [2.24, 2.45) is 0 Å². The number of benzene rings is 1. The summed E-state index contributed by atoms with van der Waals surface area (Å²) in [4.78, 5) is 21.8. The van der Waals surface area contributed by atoms with Crippen LogP contribution in [0.5, 0.6) is 0 Å². The monoisotopic (exact) mass is 424 g/mol. The van der Waals surface area contributed by atoms with E-state index < -0.39 is 6.04 Å².